The van der Waals surface area contributed by atoms with Gasteiger partial charge in [0.1, 0.15) is 6.07 Å². The minimum absolute atomic E-state index is 0.0854. The highest BCUT2D eigenvalue weighted by atomic mass is 32.2. The molecular weight excluding hydrogens is 482 g/mol. The van der Waals surface area contributed by atoms with Crippen molar-refractivity contribution in [2.45, 2.75) is 44.3 Å². The zero-order chi connectivity index (χ0) is 25.9. The predicted octanol–water partition coefficient (Wildman–Crippen LogP) is 3.02. The largest absolute Gasteiger partial charge is 0.477 e. The van der Waals surface area contributed by atoms with Crippen molar-refractivity contribution in [3.05, 3.63) is 54.1 Å². The molecule has 36 heavy (non-hydrogen) atoms. The fraction of sp³-hybridized carbons (Fsp3) is 0.333. The molecule has 2 N–H and O–H groups in total. The van der Waals surface area contributed by atoms with Crippen LogP contribution in [-0.4, -0.2) is 46.1 Å². The third kappa shape index (κ3) is 5.41. The average molecular weight is 508 g/mol. The van der Waals surface area contributed by atoms with Crippen LogP contribution in [0.1, 0.15) is 44.9 Å². The van der Waals surface area contributed by atoms with E-state index in [4.69, 9.17) is 4.74 Å². The van der Waals surface area contributed by atoms with Gasteiger partial charge < -0.3 is 10.1 Å². The Kier molecular flexibility index (Phi) is 6.85. The second-order valence-corrected chi connectivity index (χ2v) is 10.7. The van der Waals surface area contributed by atoms with Crippen molar-refractivity contribution < 1.29 is 17.9 Å². The summed E-state index contributed by atoms with van der Waals surface area (Å²) in [5, 5.41) is 12.1. The summed E-state index contributed by atoms with van der Waals surface area (Å²) in [6.07, 6.45) is 5.67. The van der Waals surface area contributed by atoms with Gasteiger partial charge in [-0.1, -0.05) is 6.07 Å². The molecule has 0 bridgehead atoms. The fourth-order valence-electron chi connectivity index (χ4n) is 3.35. The SMILES string of the molecule is CCOc1cncc(-c2ccc(NC(=O)C(C)(C)c3ccnc(NS(=O)(=O)C4CC4)n3)c(C#N)c2)n1. The Balaban J connectivity index is 1.55. The molecule has 1 aliphatic carbocycles. The summed E-state index contributed by atoms with van der Waals surface area (Å²) in [5.41, 5.74) is 0.879. The molecule has 1 aliphatic rings. The number of nitrogens with one attached hydrogen (secondary N) is 2. The first kappa shape index (κ1) is 25.0. The van der Waals surface area contributed by atoms with Gasteiger partial charge in [0.25, 0.3) is 0 Å². The first-order chi connectivity index (χ1) is 17.1. The van der Waals surface area contributed by atoms with E-state index in [1.807, 2.05) is 6.92 Å². The van der Waals surface area contributed by atoms with Gasteiger partial charge in [0.15, 0.2) is 0 Å². The molecule has 2 aromatic heterocycles. The monoisotopic (exact) mass is 507 g/mol. The lowest BCUT2D eigenvalue weighted by atomic mass is 9.87. The Morgan fingerprint density at radius 1 is 1.22 bits per heavy atom. The predicted molar refractivity (Wildman–Crippen MR) is 133 cm³/mol. The molecule has 186 valence electrons. The van der Waals surface area contributed by atoms with Crippen LogP contribution in [-0.2, 0) is 20.2 Å². The molecule has 1 fully saturated rings. The van der Waals surface area contributed by atoms with Crippen LogP contribution in [0.2, 0.25) is 0 Å². The topological polar surface area (TPSA) is 160 Å². The van der Waals surface area contributed by atoms with Gasteiger partial charge in [0.05, 0.1) is 52.3 Å². The number of ether oxygens (including phenoxy) is 1. The lowest BCUT2D eigenvalue weighted by molar-refractivity contribution is -0.120. The van der Waals surface area contributed by atoms with Gasteiger partial charge in [-0.15, -0.1) is 0 Å². The van der Waals surface area contributed by atoms with Crippen molar-refractivity contribution in [2.75, 3.05) is 16.6 Å². The van der Waals surface area contributed by atoms with Crippen LogP contribution in [0, 0.1) is 11.3 Å². The van der Waals surface area contributed by atoms with Crippen molar-refractivity contribution in [3.8, 4) is 23.2 Å². The van der Waals surface area contributed by atoms with Crippen molar-refractivity contribution in [2.24, 2.45) is 0 Å². The molecule has 12 heteroatoms. The number of carbonyl (C=O) groups excluding carboxylic acids is 1. The number of hydrogen-bond acceptors (Lipinski definition) is 9. The molecule has 0 aliphatic heterocycles. The molecule has 1 amide bonds. The van der Waals surface area contributed by atoms with E-state index in [0.29, 0.717) is 48.0 Å². The van der Waals surface area contributed by atoms with E-state index >= 15 is 0 Å². The summed E-state index contributed by atoms with van der Waals surface area (Å²) in [7, 11) is -3.54. The summed E-state index contributed by atoms with van der Waals surface area (Å²) in [6.45, 7) is 5.59. The van der Waals surface area contributed by atoms with Gasteiger partial charge in [-0.25, -0.2) is 23.4 Å². The summed E-state index contributed by atoms with van der Waals surface area (Å²) in [6, 6.07) is 8.59. The van der Waals surface area contributed by atoms with Crippen LogP contribution in [0.25, 0.3) is 11.3 Å². The molecule has 0 spiro atoms. The molecule has 1 aromatic carbocycles. The second-order valence-electron chi connectivity index (χ2n) is 8.74. The molecule has 1 saturated carbocycles. The maximum absolute atomic E-state index is 13.2. The van der Waals surface area contributed by atoms with Gasteiger partial charge in [0, 0.05) is 11.8 Å². The van der Waals surface area contributed by atoms with Crippen LogP contribution in [0.15, 0.2) is 42.9 Å². The lowest BCUT2D eigenvalue weighted by Crippen LogP contribution is -2.36. The molecule has 0 atom stereocenters. The second kappa shape index (κ2) is 9.87. The standard InChI is InChI=1S/C24H25N7O4S/c1-4-35-21-14-26-13-19(28-21)15-5-8-18(16(11-15)12-25)29-22(32)24(2,3)20-9-10-27-23(30-20)31-36(33,34)17-6-7-17/h5,8-11,13-14,17H,4,6-7H2,1-3H3,(H,29,32)(H,27,30,31). The number of nitrogens with zero attached hydrogens (tertiary/aromatic N) is 5. The molecule has 0 radical (unpaired) electrons. The van der Waals surface area contributed by atoms with Crippen LogP contribution in [0.3, 0.4) is 0 Å². The zero-order valence-corrected chi connectivity index (χ0v) is 20.8. The Bertz CT molecular complexity index is 1450. The van der Waals surface area contributed by atoms with Crippen molar-refractivity contribution >= 4 is 27.6 Å². The Labute approximate surface area is 209 Å². The van der Waals surface area contributed by atoms with Gasteiger partial charge >= 0.3 is 0 Å². The highest BCUT2D eigenvalue weighted by Crippen LogP contribution is 2.30. The number of nitriles is 1. The number of rotatable bonds is 9. The third-order valence-electron chi connectivity index (χ3n) is 5.65. The Hall–Kier alpha value is -4.11. The number of hydrogen-bond donors (Lipinski definition) is 2. The molecule has 4 rings (SSSR count). The Morgan fingerprint density at radius 2 is 2.00 bits per heavy atom. The number of aromatic nitrogens is 4. The lowest BCUT2D eigenvalue weighted by Gasteiger charge is -2.24. The number of amides is 1. The summed E-state index contributed by atoms with van der Waals surface area (Å²) in [4.78, 5) is 30.0. The first-order valence-electron chi connectivity index (χ1n) is 11.3. The van der Waals surface area contributed by atoms with Crippen LogP contribution >= 0.6 is 0 Å². The van der Waals surface area contributed by atoms with Gasteiger partial charge in [-0.3, -0.25) is 14.5 Å². The highest BCUT2D eigenvalue weighted by Gasteiger charge is 2.37. The average Bonchev–Trinajstić information content (AvgIpc) is 3.71. The van der Waals surface area contributed by atoms with Crippen molar-refractivity contribution in [1.29, 1.82) is 5.26 Å². The highest BCUT2D eigenvalue weighted by molar-refractivity contribution is 7.93. The van der Waals surface area contributed by atoms with Gasteiger partial charge in [-0.2, -0.15) is 5.26 Å². The normalized spacial score (nSPS) is 13.5. The van der Waals surface area contributed by atoms with E-state index in [9.17, 15) is 18.5 Å². The van der Waals surface area contributed by atoms with Crippen LogP contribution < -0.4 is 14.8 Å². The summed E-state index contributed by atoms with van der Waals surface area (Å²) in [5.74, 6) is -0.145. The van der Waals surface area contributed by atoms with Crippen molar-refractivity contribution in [1.82, 2.24) is 19.9 Å². The fourth-order valence-corrected chi connectivity index (χ4v) is 4.63. The quantitative estimate of drug-likeness (QED) is 0.444. The maximum atomic E-state index is 13.2. The van der Waals surface area contributed by atoms with Crippen LogP contribution in [0.5, 0.6) is 5.88 Å². The number of sulfonamides is 1. The van der Waals surface area contributed by atoms with E-state index in [0.717, 1.165) is 0 Å². The molecular formula is C24H25N7O4S. The number of benzene rings is 1. The van der Waals surface area contributed by atoms with E-state index in [1.165, 1.54) is 12.4 Å². The minimum Gasteiger partial charge on any atom is -0.477 e. The number of carbonyl (C=O) groups is 1. The van der Waals surface area contributed by atoms with E-state index in [1.54, 1.807) is 44.3 Å². The Morgan fingerprint density at radius 3 is 2.69 bits per heavy atom. The van der Waals surface area contributed by atoms with Gasteiger partial charge in [-0.05, 0) is 51.8 Å². The van der Waals surface area contributed by atoms with E-state index in [2.05, 4.69) is 36.0 Å². The van der Waals surface area contributed by atoms with Crippen LogP contribution in [0.4, 0.5) is 11.6 Å². The summed E-state index contributed by atoms with van der Waals surface area (Å²) < 4.78 is 32.2. The van der Waals surface area contributed by atoms with E-state index in [-0.39, 0.29) is 11.5 Å². The van der Waals surface area contributed by atoms with Gasteiger partial charge in [0.2, 0.25) is 27.8 Å². The van der Waals surface area contributed by atoms with E-state index < -0.39 is 26.6 Å². The molecule has 0 saturated heterocycles. The molecule has 11 nitrogen and oxygen atoms in total. The molecule has 0 unspecified atom stereocenters. The zero-order valence-electron chi connectivity index (χ0n) is 20.0. The first-order valence-corrected chi connectivity index (χ1v) is 12.8. The summed E-state index contributed by atoms with van der Waals surface area (Å²) >= 11 is 0. The molecule has 2 heterocycles. The third-order valence-corrected chi connectivity index (χ3v) is 7.47. The van der Waals surface area contributed by atoms with Crippen molar-refractivity contribution in [3.63, 3.8) is 0 Å². The maximum Gasteiger partial charge on any atom is 0.237 e. The molecule has 3 aromatic rings. The number of anilines is 2. The minimum atomic E-state index is -3.54. The smallest absolute Gasteiger partial charge is 0.237 e.